The van der Waals surface area contributed by atoms with Crippen molar-refractivity contribution in [3.05, 3.63) is 59.9 Å². The highest BCUT2D eigenvalue weighted by molar-refractivity contribution is 5.87. The molecule has 6 fully saturated rings. The largest absolute Gasteiger partial charge is 0.451 e. The number of hydroxylamine groups is 1. The van der Waals surface area contributed by atoms with E-state index < -0.39 is 68.7 Å². The molecule has 4 aliphatic carbocycles. The SMILES string of the molecule is CC(C)[C@@]1(O)[C@@H](OC(=O)c2ccc[nH]2)[C@@]2(O)[C@@]3(C)C[C@]4(O)O[C@@]5([C@@H](NOCc6ccccc6)[C@@H](C)CC[C@]35O)[C@@]2(O)[C@]14C. The first-order valence-corrected chi connectivity index (χ1v) is 15.1. The van der Waals surface area contributed by atoms with Gasteiger partial charge in [0.25, 0.3) is 0 Å². The van der Waals surface area contributed by atoms with E-state index in [0.29, 0.717) is 6.42 Å². The first-order valence-electron chi connectivity index (χ1n) is 15.1. The average Bonchev–Trinajstić information content (AvgIpc) is 3.59. The van der Waals surface area contributed by atoms with Gasteiger partial charge < -0.3 is 40.0 Å². The second-order valence-electron chi connectivity index (χ2n) is 14.3. The number of ether oxygens (including phenoxy) is 2. The third-order valence-corrected chi connectivity index (χ3v) is 12.6. The van der Waals surface area contributed by atoms with Crippen LogP contribution in [0.25, 0.3) is 0 Å². The molecule has 0 radical (unpaired) electrons. The Bertz CT molecular complexity index is 1460. The number of H-pyrrole nitrogens is 1. The highest BCUT2D eigenvalue weighted by atomic mass is 16.7. The van der Waals surface area contributed by atoms with Crippen molar-refractivity contribution in [3.63, 3.8) is 0 Å². The number of hydrogen-bond donors (Lipinski definition) is 7. The van der Waals surface area contributed by atoms with Crippen LogP contribution in [0.5, 0.6) is 0 Å². The van der Waals surface area contributed by atoms with E-state index in [0.717, 1.165) is 5.56 Å². The minimum absolute atomic E-state index is 0.0858. The fraction of sp³-hybridized carbons (Fsp3) is 0.656. The quantitative estimate of drug-likeness (QED) is 0.183. The summed E-state index contributed by atoms with van der Waals surface area (Å²) in [5.74, 6) is -4.10. The highest BCUT2D eigenvalue weighted by Crippen LogP contribution is 2.90. The third kappa shape index (κ3) is 2.69. The number of rotatable bonds is 7. The number of aliphatic hydroxyl groups is 5. The van der Waals surface area contributed by atoms with Crippen molar-refractivity contribution in [2.45, 2.75) is 106 Å². The van der Waals surface area contributed by atoms with Crippen LogP contribution in [-0.4, -0.2) is 82.4 Å². The van der Waals surface area contributed by atoms with Crippen LogP contribution < -0.4 is 5.48 Å². The zero-order valence-corrected chi connectivity index (χ0v) is 25.1. The summed E-state index contributed by atoms with van der Waals surface area (Å²) in [7, 11) is 0. The summed E-state index contributed by atoms with van der Waals surface area (Å²) in [6.45, 7) is 8.50. The lowest BCUT2D eigenvalue weighted by Gasteiger charge is -2.61. The molecule has 3 heterocycles. The van der Waals surface area contributed by atoms with Crippen LogP contribution in [0.4, 0.5) is 0 Å². The van der Waals surface area contributed by atoms with Crippen LogP contribution in [0.15, 0.2) is 48.7 Å². The smallest absolute Gasteiger partial charge is 0.355 e. The van der Waals surface area contributed by atoms with Crippen LogP contribution >= 0.6 is 0 Å². The summed E-state index contributed by atoms with van der Waals surface area (Å²) < 4.78 is 12.6. The van der Waals surface area contributed by atoms with E-state index in [1.807, 2.05) is 37.3 Å². The molecule has 7 N–H and O–H groups in total. The van der Waals surface area contributed by atoms with E-state index in [4.69, 9.17) is 14.3 Å². The van der Waals surface area contributed by atoms with Gasteiger partial charge in [-0.25, -0.2) is 4.79 Å². The first-order chi connectivity index (χ1) is 20.1. The van der Waals surface area contributed by atoms with Crippen molar-refractivity contribution in [2.75, 3.05) is 0 Å². The van der Waals surface area contributed by atoms with Crippen molar-refractivity contribution in [3.8, 4) is 0 Å². The Labute approximate surface area is 250 Å². The molecule has 2 aromatic rings. The number of aromatic nitrogens is 1. The van der Waals surface area contributed by atoms with Gasteiger partial charge in [-0.05, 0) is 49.3 Å². The maximum atomic E-state index is 13.5. The number of nitrogens with one attached hydrogen (secondary N) is 2. The van der Waals surface area contributed by atoms with Gasteiger partial charge in [0.2, 0.25) is 0 Å². The van der Waals surface area contributed by atoms with E-state index >= 15 is 0 Å². The molecule has 1 aromatic carbocycles. The van der Waals surface area contributed by atoms with Gasteiger partial charge in [-0.2, -0.15) is 5.48 Å². The fourth-order valence-corrected chi connectivity index (χ4v) is 10.6. The van der Waals surface area contributed by atoms with Crippen molar-refractivity contribution in [2.24, 2.45) is 22.7 Å². The second kappa shape index (κ2) is 8.46. The summed E-state index contributed by atoms with van der Waals surface area (Å²) >= 11 is 0. The standard InChI is InChI=1S/C32H42N2O9/c1-18(2)29(38)24(42-23(35)21-12-9-15-33-21)30(39)25(4)17-28(37)26(29,5)32(30,40)31(43-28)22(19(3)13-14-27(25,31)36)34-41-16-20-10-7-6-8-11-20/h6-12,15,18-19,22,24,33-34,36-40H,13-14,16-17H2,1-5H3/t19-,22-,24+,25-,26-,27-,28-,29+,30+,31+,32+/m0/s1. The van der Waals surface area contributed by atoms with Crippen molar-refractivity contribution >= 4 is 5.97 Å². The number of esters is 1. The molecule has 11 atom stereocenters. The van der Waals surface area contributed by atoms with E-state index in [2.05, 4.69) is 10.5 Å². The number of carbonyl (C=O) groups excluding carboxylic acids is 1. The van der Waals surface area contributed by atoms with Crippen LogP contribution in [0, 0.1) is 22.7 Å². The molecule has 43 heavy (non-hydrogen) atoms. The first kappa shape index (κ1) is 29.4. The van der Waals surface area contributed by atoms with Gasteiger partial charge in [-0.15, -0.1) is 0 Å². The van der Waals surface area contributed by atoms with Gasteiger partial charge in [0.1, 0.15) is 28.1 Å². The van der Waals surface area contributed by atoms with E-state index in [1.54, 1.807) is 33.0 Å². The molecule has 0 unspecified atom stereocenters. The van der Waals surface area contributed by atoms with Gasteiger partial charge in [0.05, 0.1) is 18.1 Å². The van der Waals surface area contributed by atoms with E-state index in [-0.39, 0.29) is 31.1 Å². The predicted octanol–water partition coefficient (Wildman–Crippen LogP) is 1.54. The molecular formula is C32H42N2O9. The highest BCUT2D eigenvalue weighted by Gasteiger charge is 3.10. The molecule has 11 heteroatoms. The Kier molecular flexibility index (Phi) is 5.78. The molecule has 4 saturated carbocycles. The van der Waals surface area contributed by atoms with Crippen molar-refractivity contribution in [1.82, 2.24) is 10.5 Å². The zero-order valence-electron chi connectivity index (χ0n) is 25.1. The van der Waals surface area contributed by atoms with Gasteiger partial charge in [0, 0.05) is 18.0 Å². The van der Waals surface area contributed by atoms with Crippen LogP contribution in [0.3, 0.4) is 0 Å². The van der Waals surface area contributed by atoms with Crippen LogP contribution in [-0.2, 0) is 20.9 Å². The normalized spacial score (nSPS) is 50.8. The van der Waals surface area contributed by atoms with Gasteiger partial charge in [-0.1, -0.05) is 58.0 Å². The second-order valence-corrected chi connectivity index (χ2v) is 14.3. The molecule has 1 aromatic heterocycles. The molecule has 6 aliphatic rings. The molecular weight excluding hydrogens is 556 g/mol. The number of hydrogen-bond acceptors (Lipinski definition) is 10. The number of carbonyl (C=O) groups is 1. The summed E-state index contributed by atoms with van der Waals surface area (Å²) in [6, 6.07) is 11.6. The Morgan fingerprint density at radius 2 is 1.79 bits per heavy atom. The summed E-state index contributed by atoms with van der Waals surface area (Å²) in [4.78, 5) is 22.2. The lowest BCUT2D eigenvalue weighted by Crippen LogP contribution is -2.77. The molecule has 6 bridgehead atoms. The van der Waals surface area contributed by atoms with E-state index in [9.17, 15) is 30.3 Å². The Hall–Kier alpha value is -2.35. The maximum Gasteiger partial charge on any atom is 0.355 e. The number of benzene rings is 1. The monoisotopic (exact) mass is 598 g/mol. The minimum atomic E-state index is -2.52. The zero-order chi connectivity index (χ0) is 31.1. The Balaban J connectivity index is 1.43. The van der Waals surface area contributed by atoms with E-state index in [1.165, 1.54) is 13.0 Å². The molecule has 2 aliphatic heterocycles. The molecule has 8 rings (SSSR count). The minimum Gasteiger partial charge on any atom is -0.451 e. The molecule has 234 valence electrons. The lowest BCUT2D eigenvalue weighted by molar-refractivity contribution is -0.384. The molecule has 0 amide bonds. The fourth-order valence-electron chi connectivity index (χ4n) is 10.6. The Morgan fingerprint density at radius 1 is 1.09 bits per heavy atom. The Morgan fingerprint density at radius 3 is 2.42 bits per heavy atom. The maximum absolute atomic E-state index is 13.5. The average molecular weight is 599 g/mol. The van der Waals surface area contributed by atoms with Crippen molar-refractivity contribution < 1.29 is 44.6 Å². The van der Waals surface area contributed by atoms with Gasteiger partial charge >= 0.3 is 5.97 Å². The molecule has 11 nitrogen and oxygen atoms in total. The summed E-state index contributed by atoms with van der Waals surface area (Å²) in [6.07, 6.45) is 0.0797. The molecule has 1 spiro atoms. The third-order valence-electron chi connectivity index (χ3n) is 12.6. The number of aromatic amines is 1. The summed E-state index contributed by atoms with van der Waals surface area (Å²) in [5, 5.41) is 64.8. The van der Waals surface area contributed by atoms with Gasteiger partial charge in [0.15, 0.2) is 17.5 Å². The topological polar surface area (TPSA) is 174 Å². The van der Waals surface area contributed by atoms with Crippen LogP contribution in [0.1, 0.15) is 69.9 Å². The molecule has 2 saturated heterocycles. The van der Waals surface area contributed by atoms with Crippen LogP contribution in [0.2, 0.25) is 0 Å². The van der Waals surface area contributed by atoms with Crippen molar-refractivity contribution in [1.29, 1.82) is 0 Å². The lowest BCUT2D eigenvalue weighted by atomic mass is 9.52. The summed E-state index contributed by atoms with van der Waals surface area (Å²) in [5.41, 5.74) is -10.9. The van der Waals surface area contributed by atoms with Gasteiger partial charge in [-0.3, -0.25) is 4.84 Å². The predicted molar refractivity (Wildman–Crippen MR) is 151 cm³/mol.